The highest BCUT2D eigenvalue weighted by atomic mass is 19.1. The largest absolute Gasteiger partial charge is 0.249 e. The molecule has 2 heterocycles. The minimum absolute atomic E-state index is 0.229. The van der Waals surface area contributed by atoms with Gasteiger partial charge in [0.05, 0.1) is 5.69 Å². The third-order valence-electron chi connectivity index (χ3n) is 5.44. The molecule has 1 saturated carbocycles. The molecule has 0 aliphatic heterocycles. The summed E-state index contributed by atoms with van der Waals surface area (Å²) >= 11 is 0. The van der Waals surface area contributed by atoms with Gasteiger partial charge in [0.15, 0.2) is 0 Å². The number of aromatic nitrogens is 3. The van der Waals surface area contributed by atoms with Crippen LogP contribution in [0.5, 0.6) is 0 Å². The fourth-order valence-electron chi connectivity index (χ4n) is 3.78. The van der Waals surface area contributed by atoms with Crippen LogP contribution in [0.4, 0.5) is 4.39 Å². The maximum absolute atomic E-state index is 14.3. The standard InChI is InChI=1S/C23H20FN3/c1-15-19-4-2-5-21(24)23(19)26-22(17-8-9-17)20(15)14-16-6-10-18(11-7-16)27-13-3-12-25-27/h2-7,10-13,17H,8-9,14H2,1H3. The molecule has 2 aromatic heterocycles. The third kappa shape index (κ3) is 2.91. The van der Waals surface area contributed by atoms with Crippen molar-refractivity contribution >= 4 is 10.9 Å². The van der Waals surface area contributed by atoms with E-state index in [1.807, 2.05) is 23.0 Å². The van der Waals surface area contributed by atoms with E-state index in [0.29, 0.717) is 11.4 Å². The van der Waals surface area contributed by atoms with Crippen molar-refractivity contribution in [1.82, 2.24) is 14.8 Å². The molecule has 134 valence electrons. The summed E-state index contributed by atoms with van der Waals surface area (Å²) in [5.74, 6) is 0.249. The van der Waals surface area contributed by atoms with Crippen LogP contribution >= 0.6 is 0 Å². The van der Waals surface area contributed by atoms with Crippen molar-refractivity contribution in [3.8, 4) is 5.69 Å². The van der Waals surface area contributed by atoms with Crippen LogP contribution in [0.25, 0.3) is 16.6 Å². The first-order valence-corrected chi connectivity index (χ1v) is 9.37. The summed E-state index contributed by atoms with van der Waals surface area (Å²) in [5.41, 5.74) is 6.27. The Kier molecular flexibility index (Phi) is 3.78. The van der Waals surface area contributed by atoms with Crippen molar-refractivity contribution in [2.75, 3.05) is 0 Å². The summed E-state index contributed by atoms with van der Waals surface area (Å²) in [6.07, 6.45) is 6.83. The average molecular weight is 357 g/mol. The molecule has 0 radical (unpaired) electrons. The molecule has 0 unspecified atom stereocenters. The minimum atomic E-state index is -0.229. The van der Waals surface area contributed by atoms with Crippen LogP contribution in [0.1, 0.15) is 41.1 Å². The smallest absolute Gasteiger partial charge is 0.149 e. The number of rotatable bonds is 4. The predicted octanol–water partition coefficient (Wildman–Crippen LogP) is 5.34. The molecule has 0 atom stereocenters. The summed E-state index contributed by atoms with van der Waals surface area (Å²) in [5, 5.41) is 5.19. The maximum Gasteiger partial charge on any atom is 0.149 e. The molecule has 5 rings (SSSR count). The summed E-state index contributed by atoms with van der Waals surface area (Å²) in [4.78, 5) is 4.76. The van der Waals surface area contributed by atoms with Crippen LogP contribution in [-0.2, 0) is 6.42 Å². The van der Waals surface area contributed by atoms with Crippen molar-refractivity contribution < 1.29 is 4.39 Å². The van der Waals surface area contributed by atoms with Crippen LogP contribution in [0.2, 0.25) is 0 Å². The highest BCUT2D eigenvalue weighted by Gasteiger charge is 2.29. The number of hydrogen-bond acceptors (Lipinski definition) is 2. The number of halogens is 1. The predicted molar refractivity (Wildman–Crippen MR) is 105 cm³/mol. The molecule has 3 nitrogen and oxygen atoms in total. The summed E-state index contributed by atoms with van der Waals surface area (Å²) in [7, 11) is 0. The Morgan fingerprint density at radius 2 is 1.89 bits per heavy atom. The van der Waals surface area contributed by atoms with E-state index in [4.69, 9.17) is 4.98 Å². The van der Waals surface area contributed by atoms with Crippen LogP contribution in [0.15, 0.2) is 60.9 Å². The van der Waals surface area contributed by atoms with Crippen molar-refractivity contribution in [1.29, 1.82) is 0 Å². The van der Waals surface area contributed by atoms with Crippen LogP contribution < -0.4 is 0 Å². The third-order valence-corrected chi connectivity index (χ3v) is 5.44. The second-order valence-electron chi connectivity index (χ2n) is 7.30. The Morgan fingerprint density at radius 3 is 2.59 bits per heavy atom. The molecule has 0 amide bonds. The van der Waals surface area contributed by atoms with E-state index >= 15 is 0 Å². The Hall–Kier alpha value is -3.01. The lowest BCUT2D eigenvalue weighted by molar-refractivity contribution is 0.636. The van der Waals surface area contributed by atoms with Gasteiger partial charge >= 0.3 is 0 Å². The fourth-order valence-corrected chi connectivity index (χ4v) is 3.78. The summed E-state index contributed by atoms with van der Waals surface area (Å²) in [6.45, 7) is 2.10. The van der Waals surface area contributed by atoms with Gasteiger partial charge in [0, 0.05) is 29.4 Å². The molecule has 27 heavy (non-hydrogen) atoms. The monoisotopic (exact) mass is 357 g/mol. The van der Waals surface area contributed by atoms with Gasteiger partial charge in [0.25, 0.3) is 0 Å². The minimum Gasteiger partial charge on any atom is -0.249 e. The van der Waals surface area contributed by atoms with Crippen molar-refractivity contribution in [2.24, 2.45) is 0 Å². The molecule has 1 aliphatic rings. The highest BCUT2D eigenvalue weighted by Crippen LogP contribution is 2.43. The zero-order valence-electron chi connectivity index (χ0n) is 15.2. The molecule has 0 bridgehead atoms. The number of aryl methyl sites for hydroxylation is 1. The second kappa shape index (κ2) is 6.31. The lowest BCUT2D eigenvalue weighted by Gasteiger charge is -2.15. The van der Waals surface area contributed by atoms with E-state index in [0.717, 1.165) is 41.6 Å². The lowest BCUT2D eigenvalue weighted by Crippen LogP contribution is -2.04. The van der Waals surface area contributed by atoms with E-state index < -0.39 is 0 Å². The van der Waals surface area contributed by atoms with Gasteiger partial charge in [-0.1, -0.05) is 24.3 Å². The maximum atomic E-state index is 14.3. The normalized spacial score (nSPS) is 14.0. The van der Waals surface area contributed by atoms with Gasteiger partial charge in [-0.2, -0.15) is 5.10 Å². The van der Waals surface area contributed by atoms with Gasteiger partial charge in [-0.25, -0.2) is 14.1 Å². The Labute approximate surface area is 157 Å². The zero-order chi connectivity index (χ0) is 18.4. The van der Waals surface area contributed by atoms with Crippen LogP contribution in [-0.4, -0.2) is 14.8 Å². The average Bonchev–Trinajstić information content (AvgIpc) is 3.38. The van der Waals surface area contributed by atoms with E-state index in [2.05, 4.69) is 36.3 Å². The van der Waals surface area contributed by atoms with Crippen LogP contribution in [0, 0.1) is 12.7 Å². The SMILES string of the molecule is Cc1c(Cc2ccc(-n3cccn3)cc2)c(C2CC2)nc2c(F)cccc12. The number of hydrogen-bond donors (Lipinski definition) is 0. The topological polar surface area (TPSA) is 30.7 Å². The molecule has 0 N–H and O–H groups in total. The molecular weight excluding hydrogens is 337 g/mol. The van der Waals surface area contributed by atoms with Crippen molar-refractivity contribution in [3.05, 3.63) is 89.1 Å². The Bertz CT molecular complexity index is 1110. The van der Waals surface area contributed by atoms with Gasteiger partial charge in [0.2, 0.25) is 0 Å². The fraction of sp³-hybridized carbons (Fsp3) is 0.217. The molecule has 0 saturated heterocycles. The van der Waals surface area contributed by atoms with Crippen molar-refractivity contribution in [3.63, 3.8) is 0 Å². The Balaban J connectivity index is 1.56. The molecule has 0 spiro atoms. The molecule has 1 aliphatic carbocycles. The van der Waals surface area contributed by atoms with Gasteiger partial charge in [-0.15, -0.1) is 0 Å². The van der Waals surface area contributed by atoms with E-state index in [1.165, 1.54) is 17.2 Å². The lowest BCUT2D eigenvalue weighted by atomic mass is 9.94. The first-order valence-electron chi connectivity index (χ1n) is 9.37. The number of nitrogens with zero attached hydrogens (tertiary/aromatic N) is 3. The Morgan fingerprint density at radius 1 is 1.07 bits per heavy atom. The summed E-state index contributed by atoms with van der Waals surface area (Å²) < 4.78 is 16.1. The molecule has 4 aromatic rings. The van der Waals surface area contributed by atoms with Crippen LogP contribution in [0.3, 0.4) is 0 Å². The van der Waals surface area contributed by atoms with Crippen molar-refractivity contribution in [2.45, 2.75) is 32.1 Å². The molecular formula is C23H20FN3. The number of para-hydroxylation sites is 1. The van der Waals surface area contributed by atoms with E-state index in [-0.39, 0.29) is 5.82 Å². The van der Waals surface area contributed by atoms with E-state index in [1.54, 1.807) is 12.3 Å². The number of benzene rings is 2. The molecule has 1 fully saturated rings. The quantitative estimate of drug-likeness (QED) is 0.494. The first kappa shape index (κ1) is 16.2. The van der Waals surface area contributed by atoms with Gasteiger partial charge in [-0.05, 0) is 67.1 Å². The molecule has 2 aromatic carbocycles. The number of pyridine rings is 1. The summed E-state index contributed by atoms with van der Waals surface area (Å²) in [6, 6.07) is 15.6. The zero-order valence-corrected chi connectivity index (χ0v) is 15.2. The molecule has 4 heteroatoms. The van der Waals surface area contributed by atoms with Gasteiger partial charge < -0.3 is 0 Å². The first-order chi connectivity index (χ1) is 13.2. The van der Waals surface area contributed by atoms with Gasteiger partial charge in [-0.3, -0.25) is 0 Å². The van der Waals surface area contributed by atoms with Gasteiger partial charge in [0.1, 0.15) is 11.3 Å². The van der Waals surface area contributed by atoms with E-state index in [9.17, 15) is 4.39 Å². The second-order valence-corrected chi connectivity index (χ2v) is 7.30. The number of fused-ring (bicyclic) bond motifs is 1. The highest BCUT2D eigenvalue weighted by molar-refractivity contribution is 5.84.